The largest absolute Gasteiger partial charge is 0.347 e. The Balaban J connectivity index is 1.88. The molecule has 1 aromatic rings. The van der Waals surface area contributed by atoms with Crippen LogP contribution in [0.5, 0.6) is 0 Å². The molecule has 24 heavy (non-hydrogen) atoms. The smallest absolute Gasteiger partial charge is 0.235 e. The third-order valence-corrected chi connectivity index (χ3v) is 4.66. The fourth-order valence-corrected chi connectivity index (χ4v) is 3.18. The van der Waals surface area contributed by atoms with Gasteiger partial charge in [0.2, 0.25) is 11.7 Å². The molecule has 0 bridgehead atoms. The Bertz CT molecular complexity index is 733. The lowest BCUT2D eigenvalue weighted by Crippen LogP contribution is -2.61. The van der Waals surface area contributed by atoms with E-state index in [1.165, 1.54) is 17.0 Å². The number of halogens is 4. The predicted octanol–water partition coefficient (Wildman–Crippen LogP) is 2.72. The Kier molecular flexibility index (Phi) is 4.60. The summed E-state index contributed by atoms with van der Waals surface area (Å²) in [5, 5.41) is 2.34. The summed E-state index contributed by atoms with van der Waals surface area (Å²) in [5.41, 5.74) is 5.50. The van der Waals surface area contributed by atoms with Gasteiger partial charge in [-0.3, -0.25) is 4.79 Å². The molecule has 1 saturated heterocycles. The van der Waals surface area contributed by atoms with Gasteiger partial charge in [-0.05, 0) is 46.9 Å². The predicted molar refractivity (Wildman–Crippen MR) is 93.0 cm³/mol. The summed E-state index contributed by atoms with van der Waals surface area (Å²) < 4.78 is 43.6. The fourth-order valence-electron chi connectivity index (χ4n) is 2.73. The van der Waals surface area contributed by atoms with E-state index in [2.05, 4.69) is 5.32 Å². The molecule has 1 amide bonds. The van der Waals surface area contributed by atoms with Gasteiger partial charge in [0, 0.05) is 28.8 Å². The third kappa shape index (κ3) is 3.30. The maximum absolute atomic E-state index is 15.4. The van der Waals surface area contributed by atoms with Gasteiger partial charge in [0.15, 0.2) is 0 Å². The number of amides is 1. The number of alkyl halides is 1. The van der Waals surface area contributed by atoms with Gasteiger partial charge < -0.3 is 16.0 Å². The zero-order valence-corrected chi connectivity index (χ0v) is 14.6. The van der Waals surface area contributed by atoms with Crippen molar-refractivity contribution in [3.05, 3.63) is 51.6 Å². The Hall–Kier alpha value is -1.55. The average molecular weight is 449 g/mol. The van der Waals surface area contributed by atoms with Crippen LogP contribution in [0.25, 0.3) is 0 Å². The van der Waals surface area contributed by atoms with Crippen molar-refractivity contribution in [2.75, 3.05) is 18.4 Å². The van der Waals surface area contributed by atoms with Crippen LogP contribution in [0.3, 0.4) is 0 Å². The SMILES string of the molecule is NC1CN(C(=O)C2C=CC(F)=CC2(F)Nc2ccc(I)cc2F)C1. The number of allylic oxidation sites excluding steroid dienone is 2. The number of carbonyl (C=O) groups excluding carboxylic acids is 1. The number of likely N-dealkylation sites (tertiary alicyclic amines) is 1. The number of nitrogens with zero attached hydrogens (tertiary/aromatic N) is 1. The van der Waals surface area contributed by atoms with Gasteiger partial charge in [-0.25, -0.2) is 13.2 Å². The van der Waals surface area contributed by atoms with Crippen LogP contribution >= 0.6 is 22.6 Å². The minimum absolute atomic E-state index is 0.135. The van der Waals surface area contributed by atoms with Crippen molar-refractivity contribution in [2.45, 2.75) is 11.8 Å². The topological polar surface area (TPSA) is 58.4 Å². The number of anilines is 1. The number of nitrogens with two attached hydrogens (primary N) is 1. The van der Waals surface area contributed by atoms with E-state index in [0.29, 0.717) is 22.7 Å². The molecular weight excluding hydrogens is 434 g/mol. The lowest BCUT2D eigenvalue weighted by Gasteiger charge is -2.41. The molecule has 1 heterocycles. The summed E-state index contributed by atoms with van der Waals surface area (Å²) >= 11 is 1.92. The molecule has 0 saturated carbocycles. The van der Waals surface area contributed by atoms with Crippen LogP contribution in [0, 0.1) is 15.3 Å². The van der Waals surface area contributed by atoms with Gasteiger partial charge in [0.1, 0.15) is 17.6 Å². The van der Waals surface area contributed by atoms with Crippen LogP contribution in [0.4, 0.5) is 18.9 Å². The van der Waals surface area contributed by atoms with Gasteiger partial charge in [-0.15, -0.1) is 0 Å². The third-order valence-electron chi connectivity index (χ3n) is 3.99. The second-order valence-electron chi connectivity index (χ2n) is 5.89. The molecule has 2 aliphatic rings. The van der Waals surface area contributed by atoms with E-state index in [1.54, 1.807) is 6.07 Å². The molecule has 3 N–H and O–H groups in total. The first-order chi connectivity index (χ1) is 11.3. The Morgan fingerprint density at radius 2 is 2.08 bits per heavy atom. The quantitative estimate of drug-likeness (QED) is 0.552. The van der Waals surface area contributed by atoms with E-state index in [9.17, 15) is 13.6 Å². The van der Waals surface area contributed by atoms with E-state index in [4.69, 9.17) is 5.73 Å². The maximum atomic E-state index is 15.4. The van der Waals surface area contributed by atoms with Crippen molar-refractivity contribution in [2.24, 2.45) is 11.7 Å². The second-order valence-corrected chi connectivity index (χ2v) is 7.13. The van der Waals surface area contributed by atoms with Crippen LogP contribution in [-0.4, -0.2) is 35.7 Å². The standard InChI is InChI=1S/C16H15F3IN3O/c17-9-1-3-12(15(24)23-7-11(21)8-23)16(19,6-9)22-14-4-2-10(20)5-13(14)18/h1-6,11-12,22H,7-8,21H2. The van der Waals surface area contributed by atoms with Crippen molar-refractivity contribution < 1.29 is 18.0 Å². The monoisotopic (exact) mass is 449 g/mol. The van der Waals surface area contributed by atoms with Crippen molar-refractivity contribution >= 4 is 34.2 Å². The molecule has 1 fully saturated rings. The van der Waals surface area contributed by atoms with Crippen LogP contribution in [0.1, 0.15) is 0 Å². The van der Waals surface area contributed by atoms with Crippen molar-refractivity contribution in [3.63, 3.8) is 0 Å². The zero-order chi connectivity index (χ0) is 17.5. The van der Waals surface area contributed by atoms with Gasteiger partial charge in [0.05, 0.1) is 5.69 Å². The number of hydrogen-bond donors (Lipinski definition) is 2. The van der Waals surface area contributed by atoms with Crippen molar-refractivity contribution in [3.8, 4) is 0 Å². The first-order valence-corrected chi connectivity index (χ1v) is 8.39. The van der Waals surface area contributed by atoms with Crippen LogP contribution in [-0.2, 0) is 4.79 Å². The van der Waals surface area contributed by atoms with E-state index >= 15 is 4.39 Å². The molecule has 2 unspecified atom stereocenters. The van der Waals surface area contributed by atoms with Crippen LogP contribution in [0.2, 0.25) is 0 Å². The molecule has 4 nitrogen and oxygen atoms in total. The molecule has 1 aromatic carbocycles. The average Bonchev–Trinajstić information content (AvgIpc) is 2.46. The molecule has 3 rings (SSSR count). The first kappa shape index (κ1) is 17.3. The lowest BCUT2D eigenvalue weighted by atomic mass is 9.89. The molecule has 0 radical (unpaired) electrons. The lowest BCUT2D eigenvalue weighted by molar-refractivity contribution is -0.141. The second kappa shape index (κ2) is 6.40. The van der Waals surface area contributed by atoms with Gasteiger partial charge in [-0.1, -0.05) is 6.08 Å². The number of hydrogen-bond acceptors (Lipinski definition) is 3. The Labute approximate surface area is 150 Å². The highest BCUT2D eigenvalue weighted by Gasteiger charge is 2.46. The molecule has 128 valence electrons. The first-order valence-electron chi connectivity index (χ1n) is 7.31. The molecule has 1 aliphatic heterocycles. The minimum atomic E-state index is -2.57. The minimum Gasteiger partial charge on any atom is -0.347 e. The molecule has 8 heteroatoms. The number of carbonyl (C=O) groups is 1. The van der Waals surface area contributed by atoms with Crippen LogP contribution in [0.15, 0.2) is 42.3 Å². The normalized spacial score (nSPS) is 26.8. The Morgan fingerprint density at radius 1 is 1.38 bits per heavy atom. The van der Waals surface area contributed by atoms with E-state index in [-0.39, 0.29) is 11.7 Å². The summed E-state index contributed by atoms with van der Waals surface area (Å²) in [6, 6.07) is 4.02. The number of nitrogens with one attached hydrogen (secondary N) is 1. The van der Waals surface area contributed by atoms with Gasteiger partial charge >= 0.3 is 0 Å². The summed E-state index contributed by atoms with van der Waals surface area (Å²) in [7, 11) is 0. The number of benzene rings is 1. The summed E-state index contributed by atoms with van der Waals surface area (Å²) in [6.45, 7) is 0.646. The summed E-state index contributed by atoms with van der Waals surface area (Å²) in [4.78, 5) is 13.9. The highest BCUT2D eigenvalue weighted by molar-refractivity contribution is 14.1. The van der Waals surface area contributed by atoms with Gasteiger partial charge in [-0.2, -0.15) is 0 Å². The summed E-state index contributed by atoms with van der Waals surface area (Å²) in [6.07, 6.45) is 2.85. The van der Waals surface area contributed by atoms with Crippen LogP contribution < -0.4 is 11.1 Å². The molecule has 0 spiro atoms. The summed E-state index contributed by atoms with van der Waals surface area (Å²) in [5.74, 6) is -5.90. The van der Waals surface area contributed by atoms with E-state index in [0.717, 1.165) is 12.2 Å². The van der Waals surface area contributed by atoms with Crippen molar-refractivity contribution in [1.82, 2.24) is 4.90 Å². The molecule has 0 aromatic heterocycles. The van der Waals surface area contributed by atoms with E-state index in [1.807, 2.05) is 22.6 Å². The maximum Gasteiger partial charge on any atom is 0.235 e. The number of rotatable bonds is 3. The molecular formula is C16H15F3IN3O. The Morgan fingerprint density at radius 3 is 2.71 bits per heavy atom. The highest BCUT2D eigenvalue weighted by atomic mass is 127. The molecule has 2 atom stereocenters. The van der Waals surface area contributed by atoms with E-state index < -0.39 is 29.3 Å². The zero-order valence-electron chi connectivity index (χ0n) is 12.5. The fraction of sp³-hybridized carbons (Fsp3) is 0.312. The van der Waals surface area contributed by atoms with Crippen molar-refractivity contribution in [1.29, 1.82) is 0 Å². The molecule has 1 aliphatic carbocycles. The highest BCUT2D eigenvalue weighted by Crippen LogP contribution is 2.36. The van der Waals surface area contributed by atoms with Gasteiger partial charge in [0.25, 0.3) is 0 Å².